The number of benzene rings is 3. The summed E-state index contributed by atoms with van der Waals surface area (Å²) in [4.78, 5) is 13.2. The van der Waals surface area contributed by atoms with Crippen molar-refractivity contribution in [2.24, 2.45) is 0 Å². The van der Waals surface area contributed by atoms with Crippen LogP contribution in [0.5, 0.6) is 5.75 Å². The monoisotopic (exact) mass is 384 g/mol. The van der Waals surface area contributed by atoms with Gasteiger partial charge >= 0.3 is 6.18 Å². The van der Waals surface area contributed by atoms with E-state index in [1.807, 2.05) is 13.0 Å². The number of fused-ring (bicyclic) bond motifs is 3. The molecule has 0 aliphatic carbocycles. The number of hydrogen-bond acceptors (Lipinski definition) is 3. The van der Waals surface area contributed by atoms with Crippen molar-refractivity contribution in [3.63, 3.8) is 0 Å². The molecule has 4 aromatic rings. The molecule has 6 heteroatoms. The average molecular weight is 384 g/mol. The SMILES string of the molecule is COc1cc2c(ccc3occ(-c4ccccc4C(F)(F)F)c(=O)c32)cc1C. The van der Waals surface area contributed by atoms with Crippen LogP contribution in [0.2, 0.25) is 0 Å². The molecule has 0 fully saturated rings. The highest BCUT2D eigenvalue weighted by Crippen LogP contribution is 2.37. The summed E-state index contributed by atoms with van der Waals surface area (Å²) < 4.78 is 51.2. The van der Waals surface area contributed by atoms with Gasteiger partial charge in [-0.2, -0.15) is 13.2 Å². The maximum absolute atomic E-state index is 13.4. The molecule has 0 unspecified atom stereocenters. The van der Waals surface area contributed by atoms with E-state index in [-0.39, 0.29) is 16.5 Å². The number of alkyl halides is 3. The first-order valence-corrected chi connectivity index (χ1v) is 8.50. The molecule has 0 saturated carbocycles. The minimum Gasteiger partial charge on any atom is -0.496 e. The van der Waals surface area contributed by atoms with Crippen LogP contribution >= 0.6 is 0 Å². The van der Waals surface area contributed by atoms with Gasteiger partial charge in [-0.05, 0) is 42.1 Å². The van der Waals surface area contributed by atoms with E-state index in [9.17, 15) is 18.0 Å². The molecule has 3 aromatic carbocycles. The largest absolute Gasteiger partial charge is 0.496 e. The van der Waals surface area contributed by atoms with Gasteiger partial charge in [-0.25, -0.2) is 0 Å². The Hall–Kier alpha value is -3.28. The first-order valence-electron chi connectivity index (χ1n) is 8.50. The summed E-state index contributed by atoms with van der Waals surface area (Å²) >= 11 is 0. The lowest BCUT2D eigenvalue weighted by Crippen LogP contribution is -2.11. The summed E-state index contributed by atoms with van der Waals surface area (Å²) in [6, 6.07) is 12.0. The number of halogens is 3. The van der Waals surface area contributed by atoms with Crippen molar-refractivity contribution in [2.45, 2.75) is 13.1 Å². The molecule has 0 amide bonds. The van der Waals surface area contributed by atoms with Gasteiger partial charge in [0, 0.05) is 10.9 Å². The van der Waals surface area contributed by atoms with E-state index in [0.717, 1.165) is 23.3 Å². The molecule has 3 nitrogen and oxygen atoms in total. The van der Waals surface area contributed by atoms with E-state index in [1.165, 1.54) is 25.3 Å². The van der Waals surface area contributed by atoms with Crippen molar-refractivity contribution in [1.29, 1.82) is 0 Å². The minimum atomic E-state index is -4.59. The van der Waals surface area contributed by atoms with Crippen molar-refractivity contribution >= 4 is 21.7 Å². The number of rotatable bonds is 2. The summed E-state index contributed by atoms with van der Waals surface area (Å²) in [6.45, 7) is 1.88. The standard InChI is InChI=1S/C22H15F3O3/c1-12-9-13-7-8-18-20(15(13)10-19(12)27-2)21(26)16(11-28-18)14-5-3-4-6-17(14)22(23,24)25/h3-11H,1-2H3. The maximum Gasteiger partial charge on any atom is 0.417 e. The molecule has 0 aliphatic heterocycles. The van der Waals surface area contributed by atoms with Crippen LogP contribution in [-0.2, 0) is 6.18 Å². The Kier molecular flexibility index (Phi) is 4.14. The molecule has 0 bridgehead atoms. The van der Waals surface area contributed by atoms with Gasteiger partial charge in [-0.3, -0.25) is 4.79 Å². The molecular formula is C22H15F3O3. The van der Waals surface area contributed by atoms with Gasteiger partial charge in [0.2, 0.25) is 5.43 Å². The van der Waals surface area contributed by atoms with Crippen LogP contribution in [-0.4, -0.2) is 7.11 Å². The number of aryl methyl sites for hydroxylation is 1. The molecule has 142 valence electrons. The predicted octanol–water partition coefficient (Wildman–Crippen LogP) is 5.95. The number of methoxy groups -OCH3 is 1. The molecular weight excluding hydrogens is 369 g/mol. The fourth-order valence-corrected chi connectivity index (χ4v) is 3.46. The van der Waals surface area contributed by atoms with Gasteiger partial charge in [0.25, 0.3) is 0 Å². The lowest BCUT2D eigenvalue weighted by molar-refractivity contribution is -0.137. The number of hydrogen-bond donors (Lipinski definition) is 0. The van der Waals surface area contributed by atoms with Gasteiger partial charge in [-0.1, -0.05) is 24.3 Å². The smallest absolute Gasteiger partial charge is 0.417 e. The van der Waals surface area contributed by atoms with E-state index >= 15 is 0 Å². The van der Waals surface area contributed by atoms with E-state index in [4.69, 9.17) is 9.15 Å². The Labute approximate surface area is 158 Å². The molecule has 28 heavy (non-hydrogen) atoms. The van der Waals surface area contributed by atoms with Gasteiger partial charge in [0.15, 0.2) is 0 Å². The molecule has 0 atom stereocenters. The van der Waals surface area contributed by atoms with E-state index in [0.29, 0.717) is 16.7 Å². The Balaban J connectivity index is 2.10. The fraction of sp³-hybridized carbons (Fsp3) is 0.136. The second kappa shape index (κ2) is 6.41. The minimum absolute atomic E-state index is 0.132. The highest BCUT2D eigenvalue weighted by atomic mass is 19.4. The van der Waals surface area contributed by atoms with Crippen molar-refractivity contribution in [1.82, 2.24) is 0 Å². The molecule has 0 aliphatic rings. The zero-order valence-electron chi connectivity index (χ0n) is 15.1. The Morgan fingerprint density at radius 2 is 1.75 bits per heavy atom. The van der Waals surface area contributed by atoms with Gasteiger partial charge in [0.05, 0.1) is 23.6 Å². The third-order valence-corrected chi connectivity index (χ3v) is 4.80. The van der Waals surface area contributed by atoms with Crippen LogP contribution in [0.25, 0.3) is 32.9 Å². The quantitative estimate of drug-likeness (QED) is 0.401. The van der Waals surface area contributed by atoms with Gasteiger partial charge < -0.3 is 9.15 Å². The first kappa shape index (κ1) is 18.1. The van der Waals surface area contributed by atoms with Crippen LogP contribution in [0.4, 0.5) is 13.2 Å². The van der Waals surface area contributed by atoms with Crippen molar-refractivity contribution < 1.29 is 22.3 Å². The summed E-state index contributed by atoms with van der Waals surface area (Å²) in [6.07, 6.45) is -3.50. The van der Waals surface area contributed by atoms with Crippen LogP contribution in [0.3, 0.4) is 0 Å². The van der Waals surface area contributed by atoms with Crippen LogP contribution in [0, 0.1) is 6.92 Å². The lowest BCUT2D eigenvalue weighted by Gasteiger charge is -2.13. The Morgan fingerprint density at radius 1 is 1.00 bits per heavy atom. The zero-order valence-corrected chi connectivity index (χ0v) is 15.1. The third-order valence-electron chi connectivity index (χ3n) is 4.80. The van der Waals surface area contributed by atoms with Gasteiger partial charge in [0.1, 0.15) is 17.6 Å². The highest BCUT2D eigenvalue weighted by Gasteiger charge is 2.34. The average Bonchev–Trinajstić information content (AvgIpc) is 2.66. The van der Waals surface area contributed by atoms with Crippen molar-refractivity contribution in [2.75, 3.05) is 7.11 Å². The normalized spacial score (nSPS) is 11.9. The molecule has 0 saturated heterocycles. The lowest BCUT2D eigenvalue weighted by atomic mass is 9.97. The summed E-state index contributed by atoms with van der Waals surface area (Å²) in [5.74, 6) is 0.584. The molecule has 0 N–H and O–H groups in total. The second-order valence-electron chi connectivity index (χ2n) is 6.50. The maximum atomic E-state index is 13.4. The molecule has 0 spiro atoms. The Bertz CT molecular complexity index is 1270. The summed E-state index contributed by atoms with van der Waals surface area (Å²) in [7, 11) is 1.52. The number of ether oxygens (including phenoxy) is 1. The van der Waals surface area contributed by atoms with Crippen LogP contribution < -0.4 is 10.2 Å². The van der Waals surface area contributed by atoms with Crippen LogP contribution in [0.1, 0.15) is 11.1 Å². The van der Waals surface area contributed by atoms with Crippen molar-refractivity contribution in [3.8, 4) is 16.9 Å². The summed E-state index contributed by atoms with van der Waals surface area (Å²) in [5, 5.41) is 1.57. The summed E-state index contributed by atoms with van der Waals surface area (Å²) in [5.41, 5.74) is -0.548. The zero-order chi connectivity index (χ0) is 20.1. The molecule has 1 heterocycles. The second-order valence-corrected chi connectivity index (χ2v) is 6.50. The molecule has 1 aromatic heterocycles. The third kappa shape index (κ3) is 2.81. The van der Waals surface area contributed by atoms with E-state index < -0.39 is 17.2 Å². The van der Waals surface area contributed by atoms with E-state index in [2.05, 4.69) is 0 Å². The molecule has 0 radical (unpaired) electrons. The predicted molar refractivity (Wildman–Crippen MR) is 102 cm³/mol. The van der Waals surface area contributed by atoms with E-state index in [1.54, 1.807) is 18.2 Å². The molecule has 4 rings (SSSR count). The highest BCUT2D eigenvalue weighted by molar-refractivity contribution is 6.07. The topological polar surface area (TPSA) is 39.4 Å². The van der Waals surface area contributed by atoms with Crippen LogP contribution in [0.15, 0.2) is 64.0 Å². The fourth-order valence-electron chi connectivity index (χ4n) is 3.46. The van der Waals surface area contributed by atoms with Gasteiger partial charge in [-0.15, -0.1) is 0 Å². The first-order chi connectivity index (χ1) is 13.3. The Morgan fingerprint density at radius 3 is 2.46 bits per heavy atom. The van der Waals surface area contributed by atoms with Crippen molar-refractivity contribution in [3.05, 3.63) is 76.1 Å².